The van der Waals surface area contributed by atoms with Crippen LogP contribution in [0.3, 0.4) is 0 Å². The molecule has 2 aromatic rings. The summed E-state index contributed by atoms with van der Waals surface area (Å²) in [6.07, 6.45) is 1.57. The first kappa shape index (κ1) is 12.3. The Balaban J connectivity index is 1.80. The van der Waals surface area contributed by atoms with Crippen LogP contribution in [0.4, 0.5) is 8.78 Å². The van der Waals surface area contributed by atoms with Crippen LogP contribution in [0, 0.1) is 17.6 Å². The molecule has 1 aliphatic carbocycles. The summed E-state index contributed by atoms with van der Waals surface area (Å²) in [5, 5.41) is 0. The van der Waals surface area contributed by atoms with Crippen LogP contribution in [0.25, 0.3) is 0 Å². The number of fused-ring (bicyclic) bond motifs is 1. The molecule has 0 aromatic heterocycles. The van der Waals surface area contributed by atoms with Crippen LogP contribution in [0.15, 0.2) is 42.5 Å². The minimum absolute atomic E-state index is 0.0238. The number of rotatable bonds is 2. The Bertz CT molecular complexity index is 609. The van der Waals surface area contributed by atoms with E-state index in [4.69, 9.17) is 5.73 Å². The summed E-state index contributed by atoms with van der Waals surface area (Å²) in [5.41, 5.74) is 9.48. The van der Waals surface area contributed by atoms with Crippen LogP contribution >= 0.6 is 0 Å². The number of hydrogen-bond donors (Lipinski definition) is 1. The van der Waals surface area contributed by atoms with Crippen LogP contribution in [-0.4, -0.2) is 0 Å². The molecule has 0 radical (unpaired) electrons. The molecule has 2 atom stereocenters. The number of halogens is 2. The van der Waals surface area contributed by atoms with Crippen molar-refractivity contribution in [2.24, 2.45) is 11.7 Å². The van der Waals surface area contributed by atoms with Gasteiger partial charge in [-0.15, -0.1) is 0 Å². The molecule has 3 heteroatoms. The van der Waals surface area contributed by atoms with E-state index in [1.165, 1.54) is 23.3 Å². The Labute approximate surface area is 111 Å². The Morgan fingerprint density at radius 3 is 2.58 bits per heavy atom. The Morgan fingerprint density at radius 2 is 1.84 bits per heavy atom. The van der Waals surface area contributed by atoms with Gasteiger partial charge in [0.15, 0.2) is 11.6 Å². The van der Waals surface area contributed by atoms with E-state index >= 15 is 0 Å². The Kier molecular flexibility index (Phi) is 3.07. The van der Waals surface area contributed by atoms with E-state index in [-0.39, 0.29) is 12.0 Å². The summed E-state index contributed by atoms with van der Waals surface area (Å²) in [6, 6.07) is 12.2. The summed E-state index contributed by atoms with van der Waals surface area (Å²) in [4.78, 5) is 0. The van der Waals surface area contributed by atoms with Crippen molar-refractivity contribution in [2.45, 2.75) is 18.9 Å². The molecule has 98 valence electrons. The lowest BCUT2D eigenvalue weighted by Gasteiger charge is -2.16. The minimum Gasteiger partial charge on any atom is -0.324 e. The molecular formula is C16H15F2N. The van der Waals surface area contributed by atoms with Gasteiger partial charge in [-0.05, 0) is 47.6 Å². The zero-order valence-corrected chi connectivity index (χ0v) is 10.4. The summed E-state index contributed by atoms with van der Waals surface area (Å²) in [7, 11) is 0. The average Bonchev–Trinajstić information content (AvgIpc) is 2.72. The van der Waals surface area contributed by atoms with Crippen LogP contribution in [0.2, 0.25) is 0 Å². The number of benzene rings is 2. The first-order chi connectivity index (χ1) is 9.15. The predicted molar refractivity (Wildman–Crippen MR) is 70.6 cm³/mol. The summed E-state index contributed by atoms with van der Waals surface area (Å²) in [5.74, 6) is -1.34. The maximum Gasteiger partial charge on any atom is 0.159 e. The highest BCUT2D eigenvalue weighted by molar-refractivity contribution is 5.36. The van der Waals surface area contributed by atoms with Crippen molar-refractivity contribution in [1.29, 1.82) is 0 Å². The summed E-state index contributed by atoms with van der Waals surface area (Å²) in [6.45, 7) is 0. The van der Waals surface area contributed by atoms with Gasteiger partial charge in [-0.1, -0.05) is 30.3 Å². The molecule has 0 amide bonds. The van der Waals surface area contributed by atoms with E-state index in [9.17, 15) is 8.78 Å². The average molecular weight is 259 g/mol. The van der Waals surface area contributed by atoms with Crippen molar-refractivity contribution < 1.29 is 8.78 Å². The number of nitrogens with two attached hydrogens (primary N) is 1. The first-order valence-electron chi connectivity index (χ1n) is 6.42. The molecule has 2 aromatic carbocycles. The van der Waals surface area contributed by atoms with Crippen LogP contribution in [0.1, 0.15) is 22.7 Å². The Hall–Kier alpha value is -1.74. The maximum absolute atomic E-state index is 13.2. The van der Waals surface area contributed by atoms with Gasteiger partial charge in [0.05, 0.1) is 0 Å². The minimum atomic E-state index is -0.803. The zero-order valence-electron chi connectivity index (χ0n) is 10.4. The van der Waals surface area contributed by atoms with Gasteiger partial charge in [-0.3, -0.25) is 0 Å². The number of hydrogen-bond acceptors (Lipinski definition) is 1. The van der Waals surface area contributed by atoms with Crippen molar-refractivity contribution in [3.8, 4) is 0 Å². The topological polar surface area (TPSA) is 26.0 Å². The van der Waals surface area contributed by atoms with Gasteiger partial charge in [0.1, 0.15) is 0 Å². The molecule has 1 nitrogen and oxygen atoms in total. The summed E-state index contributed by atoms with van der Waals surface area (Å²) >= 11 is 0. The fourth-order valence-electron chi connectivity index (χ4n) is 2.88. The molecule has 0 bridgehead atoms. The van der Waals surface area contributed by atoms with Crippen molar-refractivity contribution in [1.82, 2.24) is 0 Å². The van der Waals surface area contributed by atoms with Gasteiger partial charge in [-0.25, -0.2) is 8.78 Å². The van der Waals surface area contributed by atoms with Crippen LogP contribution < -0.4 is 5.73 Å². The van der Waals surface area contributed by atoms with Crippen molar-refractivity contribution in [3.63, 3.8) is 0 Å². The SMILES string of the molecule is NC1c2ccccc2CC1Cc1ccc(F)c(F)c1. The van der Waals surface area contributed by atoms with Gasteiger partial charge < -0.3 is 5.73 Å². The quantitative estimate of drug-likeness (QED) is 0.879. The second-order valence-electron chi connectivity index (χ2n) is 5.14. The van der Waals surface area contributed by atoms with Gasteiger partial charge in [0, 0.05) is 6.04 Å². The first-order valence-corrected chi connectivity index (χ1v) is 6.42. The normalized spacial score (nSPS) is 21.4. The van der Waals surface area contributed by atoms with Gasteiger partial charge in [0.25, 0.3) is 0 Å². The lowest BCUT2D eigenvalue weighted by Crippen LogP contribution is -2.19. The fourth-order valence-corrected chi connectivity index (χ4v) is 2.88. The molecule has 0 spiro atoms. The van der Waals surface area contributed by atoms with Crippen molar-refractivity contribution in [3.05, 3.63) is 70.8 Å². The van der Waals surface area contributed by atoms with Crippen LogP contribution in [-0.2, 0) is 12.8 Å². The fraction of sp³-hybridized carbons (Fsp3) is 0.250. The van der Waals surface area contributed by atoms with E-state index in [2.05, 4.69) is 6.07 Å². The highest BCUT2D eigenvalue weighted by Crippen LogP contribution is 2.36. The molecule has 19 heavy (non-hydrogen) atoms. The zero-order chi connectivity index (χ0) is 13.4. The standard InChI is InChI=1S/C16H15F2N/c17-14-6-5-10(8-15(14)18)7-12-9-11-3-1-2-4-13(11)16(12)19/h1-6,8,12,16H,7,9,19H2. The summed E-state index contributed by atoms with van der Waals surface area (Å²) < 4.78 is 26.1. The van der Waals surface area contributed by atoms with E-state index in [1.807, 2.05) is 18.2 Å². The second-order valence-corrected chi connectivity index (χ2v) is 5.14. The largest absolute Gasteiger partial charge is 0.324 e. The smallest absolute Gasteiger partial charge is 0.159 e. The van der Waals surface area contributed by atoms with E-state index in [0.717, 1.165) is 12.0 Å². The lowest BCUT2D eigenvalue weighted by atomic mass is 9.93. The van der Waals surface area contributed by atoms with Gasteiger partial charge >= 0.3 is 0 Å². The van der Waals surface area contributed by atoms with Crippen molar-refractivity contribution >= 4 is 0 Å². The third-order valence-corrected chi connectivity index (χ3v) is 3.89. The van der Waals surface area contributed by atoms with E-state index in [1.54, 1.807) is 6.07 Å². The third kappa shape index (κ3) is 2.26. The molecule has 0 saturated heterocycles. The highest BCUT2D eigenvalue weighted by atomic mass is 19.2. The van der Waals surface area contributed by atoms with Crippen LogP contribution in [0.5, 0.6) is 0 Å². The molecule has 1 aliphatic rings. The Morgan fingerprint density at radius 1 is 1.05 bits per heavy atom. The molecule has 0 heterocycles. The van der Waals surface area contributed by atoms with Gasteiger partial charge in [-0.2, -0.15) is 0 Å². The molecule has 0 aliphatic heterocycles. The monoisotopic (exact) mass is 259 g/mol. The van der Waals surface area contributed by atoms with Crippen molar-refractivity contribution in [2.75, 3.05) is 0 Å². The molecular weight excluding hydrogens is 244 g/mol. The van der Waals surface area contributed by atoms with E-state index in [0.29, 0.717) is 6.42 Å². The predicted octanol–water partition coefficient (Wildman–Crippen LogP) is 3.38. The molecule has 2 unspecified atom stereocenters. The van der Waals surface area contributed by atoms with E-state index < -0.39 is 11.6 Å². The second kappa shape index (κ2) is 4.74. The molecule has 3 rings (SSSR count). The molecule has 2 N–H and O–H groups in total. The molecule has 0 saturated carbocycles. The third-order valence-electron chi connectivity index (χ3n) is 3.89. The highest BCUT2D eigenvalue weighted by Gasteiger charge is 2.29. The molecule has 0 fully saturated rings. The lowest BCUT2D eigenvalue weighted by molar-refractivity contribution is 0.460. The maximum atomic E-state index is 13.2. The van der Waals surface area contributed by atoms with Gasteiger partial charge in [0.2, 0.25) is 0 Å².